The topological polar surface area (TPSA) is 45.7 Å². The number of benzene rings is 1. The highest BCUT2D eigenvalue weighted by Crippen LogP contribution is 2.46. The lowest BCUT2D eigenvalue weighted by Crippen LogP contribution is -2.60. The molecule has 5 nitrogen and oxygen atoms in total. The van der Waals surface area contributed by atoms with Gasteiger partial charge in [0.1, 0.15) is 5.75 Å². The van der Waals surface area contributed by atoms with Crippen LogP contribution in [0.2, 0.25) is 0 Å². The molecule has 0 spiro atoms. The fourth-order valence-corrected chi connectivity index (χ4v) is 5.63. The molecule has 1 aromatic heterocycles. The summed E-state index contributed by atoms with van der Waals surface area (Å²) in [5.41, 5.74) is 2.37. The summed E-state index contributed by atoms with van der Waals surface area (Å²) < 4.78 is 5.33. The van der Waals surface area contributed by atoms with Gasteiger partial charge in [0.05, 0.1) is 19.6 Å². The lowest BCUT2D eigenvalue weighted by atomic mass is 9.75. The van der Waals surface area contributed by atoms with Crippen molar-refractivity contribution in [1.29, 1.82) is 0 Å². The van der Waals surface area contributed by atoms with Gasteiger partial charge < -0.3 is 9.64 Å². The Kier molecular flexibility index (Phi) is 4.55. The first-order valence-corrected chi connectivity index (χ1v) is 10.3. The van der Waals surface area contributed by atoms with Gasteiger partial charge in [-0.1, -0.05) is 12.1 Å². The van der Waals surface area contributed by atoms with Gasteiger partial charge in [0.25, 0.3) is 0 Å². The summed E-state index contributed by atoms with van der Waals surface area (Å²) in [6.45, 7) is 3.16. The molecule has 4 aliphatic rings. The molecule has 2 aromatic rings. The summed E-state index contributed by atoms with van der Waals surface area (Å²) in [5.74, 6) is 2.15. The maximum absolute atomic E-state index is 13.3. The van der Waals surface area contributed by atoms with Crippen LogP contribution in [0.5, 0.6) is 5.75 Å². The van der Waals surface area contributed by atoms with Crippen molar-refractivity contribution in [3.8, 4) is 5.75 Å². The first-order valence-electron chi connectivity index (χ1n) is 10.3. The standard InChI is InChI=1S/C23H27N3O2/c1-28-19-4-2-17(3-5-19)20-15-26(21(27)14-16-6-10-24-11-7-16)22-18-8-12-25(13-9-18)23(20)22/h2-7,10-11,18,20,22-23H,8-9,12-15H2,1H3/t20-,22+,23+/m0/s1. The maximum Gasteiger partial charge on any atom is 0.227 e. The van der Waals surface area contributed by atoms with E-state index in [0.717, 1.165) is 17.9 Å². The first kappa shape index (κ1) is 17.7. The molecule has 146 valence electrons. The number of carbonyl (C=O) groups excluding carboxylic acids is 1. The Morgan fingerprint density at radius 3 is 2.46 bits per heavy atom. The molecule has 0 saturated carbocycles. The fraction of sp³-hybridized carbons (Fsp3) is 0.478. The van der Waals surface area contributed by atoms with Crippen LogP contribution >= 0.6 is 0 Å². The van der Waals surface area contributed by atoms with E-state index in [2.05, 4.69) is 26.9 Å². The molecule has 5 heterocycles. The second-order valence-electron chi connectivity index (χ2n) is 8.31. The molecule has 6 rings (SSSR count). The van der Waals surface area contributed by atoms with Gasteiger partial charge in [0.2, 0.25) is 5.91 Å². The monoisotopic (exact) mass is 377 g/mol. The summed E-state index contributed by atoms with van der Waals surface area (Å²) >= 11 is 0. The molecule has 0 N–H and O–H groups in total. The lowest BCUT2D eigenvalue weighted by molar-refractivity contribution is -0.135. The SMILES string of the molecule is COc1ccc([C@@H]2CN(C(=O)Cc3ccncc3)[C@@H]3C4CCN(CC4)[C@@H]32)cc1. The predicted molar refractivity (Wildman–Crippen MR) is 107 cm³/mol. The third kappa shape index (κ3) is 2.98. The summed E-state index contributed by atoms with van der Waals surface area (Å²) in [4.78, 5) is 22.2. The zero-order valence-electron chi connectivity index (χ0n) is 16.3. The molecule has 0 unspecified atom stereocenters. The lowest BCUT2D eigenvalue weighted by Gasteiger charge is -2.51. The zero-order chi connectivity index (χ0) is 19.1. The third-order valence-corrected chi connectivity index (χ3v) is 6.96. The number of hydrogen-bond acceptors (Lipinski definition) is 4. The fourth-order valence-electron chi connectivity index (χ4n) is 5.63. The van der Waals surface area contributed by atoms with E-state index in [1.54, 1.807) is 19.5 Å². The van der Waals surface area contributed by atoms with Gasteiger partial charge in [-0.2, -0.15) is 0 Å². The second kappa shape index (κ2) is 7.21. The zero-order valence-corrected chi connectivity index (χ0v) is 16.3. The highest BCUT2D eigenvalue weighted by molar-refractivity contribution is 5.80. The molecule has 5 heteroatoms. The molecule has 0 radical (unpaired) electrons. The van der Waals surface area contributed by atoms with Crippen molar-refractivity contribution >= 4 is 5.91 Å². The number of piperidine rings is 3. The maximum atomic E-state index is 13.3. The van der Waals surface area contributed by atoms with Gasteiger partial charge in [-0.15, -0.1) is 0 Å². The van der Waals surface area contributed by atoms with Crippen molar-refractivity contribution < 1.29 is 9.53 Å². The van der Waals surface area contributed by atoms with Crippen molar-refractivity contribution in [2.24, 2.45) is 5.92 Å². The normalized spacial score (nSPS) is 30.9. The smallest absolute Gasteiger partial charge is 0.227 e. The van der Waals surface area contributed by atoms with Crippen LogP contribution in [-0.2, 0) is 11.2 Å². The Morgan fingerprint density at radius 2 is 1.79 bits per heavy atom. The predicted octanol–water partition coefficient (Wildman–Crippen LogP) is 2.72. The van der Waals surface area contributed by atoms with Crippen LogP contribution in [0, 0.1) is 5.92 Å². The summed E-state index contributed by atoms with van der Waals surface area (Å²) in [6, 6.07) is 13.1. The molecular formula is C23H27N3O2. The minimum atomic E-state index is 0.256. The molecule has 4 fully saturated rings. The van der Waals surface area contributed by atoms with Crippen LogP contribution < -0.4 is 4.74 Å². The number of nitrogens with zero attached hydrogens (tertiary/aromatic N) is 3. The number of ether oxygens (including phenoxy) is 1. The number of carbonyl (C=O) groups is 1. The van der Waals surface area contributed by atoms with E-state index in [-0.39, 0.29) is 5.91 Å². The van der Waals surface area contributed by atoms with Gasteiger partial charge in [0, 0.05) is 30.9 Å². The van der Waals surface area contributed by atoms with Gasteiger partial charge >= 0.3 is 0 Å². The molecule has 3 atom stereocenters. The number of pyridine rings is 1. The van der Waals surface area contributed by atoms with Crippen LogP contribution in [0.25, 0.3) is 0 Å². The molecule has 1 aromatic carbocycles. The average molecular weight is 377 g/mol. The van der Waals surface area contributed by atoms with Crippen molar-refractivity contribution in [2.75, 3.05) is 26.7 Å². The van der Waals surface area contributed by atoms with E-state index in [4.69, 9.17) is 4.74 Å². The van der Waals surface area contributed by atoms with Crippen molar-refractivity contribution in [3.63, 3.8) is 0 Å². The number of likely N-dealkylation sites (tertiary alicyclic amines) is 1. The number of amides is 1. The van der Waals surface area contributed by atoms with Gasteiger partial charge in [-0.25, -0.2) is 0 Å². The minimum absolute atomic E-state index is 0.256. The van der Waals surface area contributed by atoms with E-state index in [9.17, 15) is 4.79 Å². The summed E-state index contributed by atoms with van der Waals surface area (Å²) in [6.07, 6.45) is 6.44. The van der Waals surface area contributed by atoms with E-state index < -0.39 is 0 Å². The molecule has 1 amide bonds. The molecule has 0 aliphatic carbocycles. The Morgan fingerprint density at radius 1 is 1.07 bits per heavy atom. The van der Waals surface area contributed by atoms with Crippen LogP contribution in [0.1, 0.15) is 29.9 Å². The number of methoxy groups -OCH3 is 1. The Balaban J connectivity index is 1.44. The Bertz CT molecular complexity index is 831. The Hall–Kier alpha value is -2.40. The first-order chi connectivity index (χ1) is 13.7. The van der Waals surface area contributed by atoms with Crippen LogP contribution in [0.15, 0.2) is 48.8 Å². The second-order valence-corrected chi connectivity index (χ2v) is 8.31. The van der Waals surface area contributed by atoms with E-state index >= 15 is 0 Å². The summed E-state index contributed by atoms with van der Waals surface area (Å²) in [5, 5.41) is 0. The molecular weight excluding hydrogens is 350 g/mol. The molecule has 4 saturated heterocycles. The number of hydrogen-bond donors (Lipinski definition) is 0. The van der Waals surface area contributed by atoms with E-state index in [1.165, 1.54) is 31.5 Å². The van der Waals surface area contributed by atoms with E-state index in [1.807, 2.05) is 24.3 Å². The molecule has 4 aliphatic heterocycles. The summed E-state index contributed by atoms with van der Waals surface area (Å²) in [7, 11) is 1.70. The highest BCUT2D eigenvalue weighted by Gasteiger charge is 2.54. The van der Waals surface area contributed by atoms with Crippen LogP contribution in [0.4, 0.5) is 0 Å². The average Bonchev–Trinajstić information content (AvgIpc) is 3.18. The number of fused-ring (bicyclic) bond motifs is 2. The van der Waals surface area contributed by atoms with Crippen LogP contribution in [-0.4, -0.2) is 59.5 Å². The van der Waals surface area contributed by atoms with E-state index in [0.29, 0.717) is 30.3 Å². The highest BCUT2D eigenvalue weighted by atomic mass is 16.5. The van der Waals surface area contributed by atoms with Crippen molar-refractivity contribution in [3.05, 3.63) is 59.9 Å². The van der Waals surface area contributed by atoms with Gasteiger partial charge in [-0.05, 0) is 67.2 Å². The number of rotatable bonds is 4. The van der Waals surface area contributed by atoms with Gasteiger partial charge in [-0.3, -0.25) is 14.7 Å². The number of aromatic nitrogens is 1. The third-order valence-electron chi connectivity index (χ3n) is 6.96. The van der Waals surface area contributed by atoms with Gasteiger partial charge in [0.15, 0.2) is 0 Å². The minimum Gasteiger partial charge on any atom is -0.497 e. The van der Waals surface area contributed by atoms with Crippen molar-refractivity contribution in [2.45, 2.75) is 37.3 Å². The largest absolute Gasteiger partial charge is 0.497 e. The van der Waals surface area contributed by atoms with Crippen molar-refractivity contribution in [1.82, 2.24) is 14.8 Å². The quantitative estimate of drug-likeness (QED) is 0.822. The molecule has 2 bridgehead atoms. The molecule has 28 heavy (non-hydrogen) atoms. The van der Waals surface area contributed by atoms with Crippen LogP contribution in [0.3, 0.4) is 0 Å². The Labute approximate surface area is 166 Å².